The molecule has 0 aliphatic heterocycles. The number of nitrogens with zero attached hydrogens (tertiary/aromatic N) is 3. The van der Waals surface area contributed by atoms with Gasteiger partial charge >= 0.3 is 0 Å². The van der Waals surface area contributed by atoms with E-state index in [0.29, 0.717) is 22.2 Å². The lowest BCUT2D eigenvalue weighted by Crippen LogP contribution is -2.03. The summed E-state index contributed by atoms with van der Waals surface area (Å²) in [4.78, 5) is 12.2. The highest BCUT2D eigenvalue weighted by molar-refractivity contribution is 7.99. The van der Waals surface area contributed by atoms with Gasteiger partial charge in [-0.1, -0.05) is 30.0 Å². The molecule has 0 bridgehead atoms. The predicted molar refractivity (Wildman–Crippen MR) is 81.0 cm³/mol. The summed E-state index contributed by atoms with van der Waals surface area (Å²) in [6.45, 7) is 0. The van der Waals surface area contributed by atoms with Crippen LogP contribution in [0.25, 0.3) is 5.65 Å². The second-order valence-corrected chi connectivity index (χ2v) is 5.30. The standard InChI is InChI=1S/C15H13N3O2S/c1-20-12-6-4-5-11(9-12)13(19)10-21-15-17-16-14-7-2-3-8-18(14)15/h2-9H,10H2,1H3. The van der Waals surface area contributed by atoms with Gasteiger partial charge in [0, 0.05) is 11.8 Å². The zero-order valence-electron chi connectivity index (χ0n) is 11.4. The molecule has 0 radical (unpaired) electrons. The average molecular weight is 299 g/mol. The van der Waals surface area contributed by atoms with Crippen LogP contribution in [0.2, 0.25) is 0 Å². The van der Waals surface area contributed by atoms with Crippen LogP contribution in [0.1, 0.15) is 10.4 Å². The Morgan fingerprint density at radius 1 is 1.24 bits per heavy atom. The summed E-state index contributed by atoms with van der Waals surface area (Å²) in [6.07, 6.45) is 1.88. The van der Waals surface area contributed by atoms with Crippen molar-refractivity contribution in [2.45, 2.75) is 5.16 Å². The maximum atomic E-state index is 12.2. The van der Waals surface area contributed by atoms with Crippen LogP contribution in [0.4, 0.5) is 0 Å². The number of hydrogen-bond acceptors (Lipinski definition) is 5. The van der Waals surface area contributed by atoms with Crippen molar-refractivity contribution in [1.29, 1.82) is 0 Å². The molecule has 5 nitrogen and oxygen atoms in total. The number of benzene rings is 1. The number of carbonyl (C=O) groups is 1. The Morgan fingerprint density at radius 2 is 2.14 bits per heavy atom. The molecule has 0 amide bonds. The molecule has 0 aliphatic rings. The lowest BCUT2D eigenvalue weighted by molar-refractivity contribution is 0.102. The summed E-state index contributed by atoms with van der Waals surface area (Å²) in [5, 5.41) is 8.86. The Hall–Kier alpha value is -2.34. The summed E-state index contributed by atoms with van der Waals surface area (Å²) < 4.78 is 6.99. The number of pyridine rings is 1. The van der Waals surface area contributed by atoms with Gasteiger partial charge in [0.25, 0.3) is 0 Å². The molecule has 0 saturated heterocycles. The van der Waals surface area contributed by atoms with Crippen LogP contribution in [0, 0.1) is 0 Å². The maximum Gasteiger partial charge on any atom is 0.196 e. The molecule has 0 atom stereocenters. The van der Waals surface area contributed by atoms with Gasteiger partial charge in [0.1, 0.15) is 5.75 Å². The number of fused-ring (bicyclic) bond motifs is 1. The Balaban J connectivity index is 1.73. The molecular weight excluding hydrogens is 286 g/mol. The number of methoxy groups -OCH3 is 1. The van der Waals surface area contributed by atoms with Gasteiger partial charge in [-0.3, -0.25) is 9.20 Å². The van der Waals surface area contributed by atoms with Crippen molar-refractivity contribution >= 4 is 23.2 Å². The van der Waals surface area contributed by atoms with Crippen molar-refractivity contribution < 1.29 is 9.53 Å². The second-order valence-electron chi connectivity index (χ2n) is 4.36. The molecule has 2 heterocycles. The zero-order chi connectivity index (χ0) is 14.7. The summed E-state index contributed by atoms with van der Waals surface area (Å²) in [5.74, 6) is 1.02. The highest BCUT2D eigenvalue weighted by Gasteiger charge is 2.11. The number of Topliss-reactive ketones (excluding diaryl/α,β-unsaturated/α-hetero) is 1. The smallest absolute Gasteiger partial charge is 0.196 e. The van der Waals surface area contributed by atoms with Crippen LogP contribution < -0.4 is 4.74 Å². The number of rotatable bonds is 5. The molecule has 2 aromatic heterocycles. The Morgan fingerprint density at radius 3 is 3.00 bits per heavy atom. The predicted octanol–water partition coefficient (Wildman–Crippen LogP) is 2.71. The third-order valence-corrected chi connectivity index (χ3v) is 3.95. The van der Waals surface area contributed by atoms with Crippen LogP contribution in [-0.2, 0) is 0 Å². The van der Waals surface area contributed by atoms with Crippen molar-refractivity contribution in [2.24, 2.45) is 0 Å². The van der Waals surface area contributed by atoms with Gasteiger partial charge in [0.2, 0.25) is 0 Å². The largest absolute Gasteiger partial charge is 0.497 e. The molecule has 0 spiro atoms. The van der Waals surface area contributed by atoms with Gasteiger partial charge in [-0.15, -0.1) is 10.2 Å². The Bertz CT molecular complexity index is 785. The van der Waals surface area contributed by atoms with Gasteiger partial charge in [0.15, 0.2) is 16.6 Å². The van der Waals surface area contributed by atoms with E-state index < -0.39 is 0 Å². The Labute approximate surface area is 126 Å². The van der Waals surface area contributed by atoms with E-state index in [0.717, 1.165) is 5.65 Å². The van der Waals surface area contributed by atoms with Crippen molar-refractivity contribution in [3.05, 3.63) is 54.2 Å². The van der Waals surface area contributed by atoms with Crippen LogP contribution >= 0.6 is 11.8 Å². The summed E-state index contributed by atoms with van der Waals surface area (Å²) in [5.41, 5.74) is 1.41. The fraction of sp³-hybridized carbons (Fsp3) is 0.133. The van der Waals surface area contributed by atoms with Gasteiger partial charge in [0.05, 0.1) is 12.9 Å². The molecule has 3 rings (SSSR count). The van der Waals surface area contributed by atoms with E-state index in [1.165, 1.54) is 11.8 Å². The van der Waals surface area contributed by atoms with E-state index in [4.69, 9.17) is 4.74 Å². The quantitative estimate of drug-likeness (QED) is 0.535. The average Bonchev–Trinajstić information content (AvgIpc) is 2.96. The molecule has 3 aromatic rings. The fourth-order valence-electron chi connectivity index (χ4n) is 1.93. The molecule has 0 aliphatic carbocycles. The monoisotopic (exact) mass is 299 g/mol. The van der Waals surface area contributed by atoms with E-state index in [9.17, 15) is 4.79 Å². The highest BCUT2D eigenvalue weighted by Crippen LogP contribution is 2.19. The first kappa shape index (κ1) is 13.6. The van der Waals surface area contributed by atoms with Crippen molar-refractivity contribution in [3.8, 4) is 5.75 Å². The topological polar surface area (TPSA) is 56.5 Å². The zero-order valence-corrected chi connectivity index (χ0v) is 12.2. The van der Waals surface area contributed by atoms with Crippen LogP contribution in [0.5, 0.6) is 5.75 Å². The van der Waals surface area contributed by atoms with E-state index in [2.05, 4.69) is 10.2 Å². The summed E-state index contributed by atoms with van der Waals surface area (Å²) in [7, 11) is 1.58. The van der Waals surface area contributed by atoms with Crippen molar-refractivity contribution in [3.63, 3.8) is 0 Å². The number of ketones is 1. The number of hydrogen-bond donors (Lipinski definition) is 0. The molecule has 0 unspecified atom stereocenters. The lowest BCUT2D eigenvalue weighted by atomic mass is 10.1. The van der Waals surface area contributed by atoms with Crippen molar-refractivity contribution in [1.82, 2.24) is 14.6 Å². The van der Waals surface area contributed by atoms with E-state index in [-0.39, 0.29) is 5.78 Å². The molecule has 0 saturated carbocycles. The van der Waals surface area contributed by atoms with Gasteiger partial charge in [-0.2, -0.15) is 0 Å². The minimum absolute atomic E-state index is 0.0339. The number of carbonyl (C=O) groups excluding carboxylic acids is 1. The minimum atomic E-state index is 0.0339. The van der Waals surface area contributed by atoms with Crippen molar-refractivity contribution in [2.75, 3.05) is 12.9 Å². The third kappa shape index (κ3) is 2.90. The first-order chi connectivity index (χ1) is 10.3. The second kappa shape index (κ2) is 5.97. The maximum absolute atomic E-state index is 12.2. The fourth-order valence-corrected chi connectivity index (χ4v) is 2.75. The first-order valence-electron chi connectivity index (χ1n) is 6.38. The van der Waals surface area contributed by atoms with Gasteiger partial charge in [-0.05, 0) is 24.3 Å². The van der Waals surface area contributed by atoms with E-state index >= 15 is 0 Å². The molecule has 1 aromatic carbocycles. The molecule has 0 N–H and O–H groups in total. The minimum Gasteiger partial charge on any atom is -0.497 e. The molecule has 21 heavy (non-hydrogen) atoms. The molecule has 0 fully saturated rings. The summed E-state index contributed by atoms with van der Waals surface area (Å²) in [6, 6.07) is 12.8. The highest BCUT2D eigenvalue weighted by atomic mass is 32.2. The summed E-state index contributed by atoms with van der Waals surface area (Å²) >= 11 is 1.37. The van der Waals surface area contributed by atoms with Gasteiger partial charge < -0.3 is 4.74 Å². The SMILES string of the molecule is COc1cccc(C(=O)CSc2nnc3ccccn23)c1. The van der Waals surface area contributed by atoms with Gasteiger partial charge in [-0.25, -0.2) is 0 Å². The van der Waals surface area contributed by atoms with E-state index in [1.807, 2.05) is 40.9 Å². The number of aromatic nitrogens is 3. The molecular formula is C15H13N3O2S. The molecule has 106 valence electrons. The number of thioether (sulfide) groups is 1. The normalized spacial score (nSPS) is 10.7. The molecule has 6 heteroatoms. The third-order valence-electron chi connectivity index (χ3n) is 3.01. The van der Waals surface area contributed by atoms with E-state index in [1.54, 1.807) is 19.2 Å². The first-order valence-corrected chi connectivity index (χ1v) is 7.36. The van der Waals surface area contributed by atoms with Crippen LogP contribution in [0.15, 0.2) is 53.8 Å². The lowest BCUT2D eigenvalue weighted by Gasteiger charge is -2.03. The Kier molecular flexibility index (Phi) is 3.87. The van der Waals surface area contributed by atoms with Crippen LogP contribution in [0.3, 0.4) is 0 Å². The number of ether oxygens (including phenoxy) is 1. The van der Waals surface area contributed by atoms with Crippen LogP contribution in [-0.4, -0.2) is 33.2 Å².